The highest BCUT2D eigenvalue weighted by Crippen LogP contribution is 2.30. The first-order valence-corrected chi connectivity index (χ1v) is 10.6. The van der Waals surface area contributed by atoms with Crippen LogP contribution in [0.5, 0.6) is 0 Å². The molecule has 0 saturated carbocycles. The van der Waals surface area contributed by atoms with Gasteiger partial charge in [0.05, 0.1) is 11.1 Å². The third-order valence-electron chi connectivity index (χ3n) is 4.61. The van der Waals surface area contributed by atoms with Crippen LogP contribution in [0.15, 0.2) is 88.8 Å². The number of benzene rings is 3. The highest BCUT2D eigenvalue weighted by atomic mass is 35.5. The summed E-state index contributed by atoms with van der Waals surface area (Å²) in [5.41, 5.74) is 2.29. The lowest BCUT2D eigenvalue weighted by Gasteiger charge is -2.11. The number of rotatable bonds is 6. The van der Waals surface area contributed by atoms with Crippen molar-refractivity contribution in [1.29, 1.82) is 0 Å². The lowest BCUT2D eigenvalue weighted by atomic mass is 10.1. The quantitative estimate of drug-likeness (QED) is 0.394. The highest BCUT2D eigenvalue weighted by Gasteiger charge is 2.14. The summed E-state index contributed by atoms with van der Waals surface area (Å²) in [6.45, 7) is 0.472. The van der Waals surface area contributed by atoms with Crippen LogP contribution in [0.25, 0.3) is 10.9 Å². The number of halogens is 2. The van der Waals surface area contributed by atoms with Crippen LogP contribution >= 0.6 is 23.4 Å². The van der Waals surface area contributed by atoms with Crippen LogP contribution < -0.4 is 5.32 Å². The Hall–Kier alpha value is -2.89. The van der Waals surface area contributed by atoms with Crippen molar-refractivity contribution in [3.8, 4) is 0 Å². The van der Waals surface area contributed by atoms with Crippen molar-refractivity contribution < 1.29 is 9.18 Å². The van der Waals surface area contributed by atoms with E-state index in [4.69, 9.17) is 11.6 Å². The average molecular weight is 437 g/mol. The fraction of sp³-hybridized carbons (Fsp3) is 0.0833. The number of hydrogen-bond acceptors (Lipinski definition) is 3. The summed E-state index contributed by atoms with van der Waals surface area (Å²) < 4.78 is 13.2. The van der Waals surface area contributed by atoms with Crippen LogP contribution in [-0.2, 0) is 6.42 Å². The standard InChI is InChI=1S/C24H18ClFN2OS/c25-21-7-3-1-5-16(21)13-14-27-24(29)20-15-23(28-22-8-4-2-6-19(20)22)30-18-11-9-17(26)10-12-18/h1-12,15H,13-14H2,(H,27,29). The number of fused-ring (bicyclic) bond motifs is 1. The predicted molar refractivity (Wildman–Crippen MR) is 120 cm³/mol. The zero-order valence-electron chi connectivity index (χ0n) is 15.9. The highest BCUT2D eigenvalue weighted by molar-refractivity contribution is 7.99. The molecule has 0 saturated heterocycles. The maximum atomic E-state index is 13.2. The molecular formula is C24H18ClFN2OS. The van der Waals surface area contributed by atoms with E-state index >= 15 is 0 Å². The molecule has 0 fully saturated rings. The Balaban J connectivity index is 1.56. The molecule has 1 N–H and O–H groups in total. The Bertz CT molecular complexity index is 1200. The van der Waals surface area contributed by atoms with Gasteiger partial charge in [-0.05, 0) is 54.4 Å². The minimum absolute atomic E-state index is 0.165. The molecule has 0 aliphatic carbocycles. The zero-order chi connectivity index (χ0) is 20.9. The Kier molecular flexibility index (Phi) is 6.31. The SMILES string of the molecule is O=C(NCCc1ccccc1Cl)c1cc(Sc2ccc(F)cc2)nc2ccccc12. The lowest BCUT2D eigenvalue weighted by molar-refractivity contribution is 0.0955. The molecule has 0 bridgehead atoms. The smallest absolute Gasteiger partial charge is 0.252 e. The average Bonchev–Trinajstić information content (AvgIpc) is 2.76. The van der Waals surface area contributed by atoms with Gasteiger partial charge in [-0.2, -0.15) is 0 Å². The molecule has 0 atom stereocenters. The first-order chi connectivity index (χ1) is 14.6. The van der Waals surface area contributed by atoms with Crippen LogP contribution in [-0.4, -0.2) is 17.4 Å². The number of para-hydroxylation sites is 1. The number of hydrogen-bond donors (Lipinski definition) is 1. The van der Waals surface area contributed by atoms with Crippen LogP contribution in [0.1, 0.15) is 15.9 Å². The summed E-state index contributed by atoms with van der Waals surface area (Å²) >= 11 is 7.59. The van der Waals surface area contributed by atoms with Gasteiger partial charge in [0.2, 0.25) is 0 Å². The number of nitrogens with zero attached hydrogens (tertiary/aromatic N) is 1. The van der Waals surface area contributed by atoms with Crippen LogP contribution in [0.3, 0.4) is 0 Å². The second-order valence-corrected chi connectivity index (χ2v) is 8.18. The maximum Gasteiger partial charge on any atom is 0.252 e. The molecule has 30 heavy (non-hydrogen) atoms. The van der Waals surface area contributed by atoms with Gasteiger partial charge in [-0.25, -0.2) is 9.37 Å². The summed E-state index contributed by atoms with van der Waals surface area (Å²) in [4.78, 5) is 18.5. The second kappa shape index (κ2) is 9.28. The molecular weight excluding hydrogens is 419 g/mol. The minimum atomic E-state index is -0.288. The summed E-state index contributed by atoms with van der Waals surface area (Å²) in [6.07, 6.45) is 0.644. The van der Waals surface area contributed by atoms with E-state index in [2.05, 4.69) is 10.3 Å². The number of amides is 1. The van der Waals surface area contributed by atoms with Crippen molar-refractivity contribution in [1.82, 2.24) is 10.3 Å². The van der Waals surface area contributed by atoms with E-state index in [1.807, 2.05) is 48.5 Å². The fourth-order valence-corrected chi connectivity index (χ4v) is 4.19. The van der Waals surface area contributed by atoms with Crippen molar-refractivity contribution in [3.05, 3.63) is 101 Å². The molecule has 3 aromatic carbocycles. The number of aromatic nitrogens is 1. The topological polar surface area (TPSA) is 42.0 Å². The molecule has 0 spiro atoms. The second-order valence-electron chi connectivity index (χ2n) is 6.68. The first kappa shape index (κ1) is 20.4. The van der Waals surface area contributed by atoms with Gasteiger partial charge in [0.1, 0.15) is 10.8 Å². The van der Waals surface area contributed by atoms with E-state index in [0.29, 0.717) is 28.6 Å². The molecule has 1 amide bonds. The first-order valence-electron chi connectivity index (χ1n) is 9.45. The monoisotopic (exact) mass is 436 g/mol. The van der Waals surface area contributed by atoms with E-state index in [1.165, 1.54) is 23.9 Å². The Labute approximate surface area is 183 Å². The summed E-state index contributed by atoms with van der Waals surface area (Å²) in [6, 6.07) is 23.1. The maximum absolute atomic E-state index is 13.2. The van der Waals surface area contributed by atoms with Crippen molar-refractivity contribution in [2.24, 2.45) is 0 Å². The Morgan fingerprint density at radius 3 is 2.53 bits per heavy atom. The molecule has 1 aromatic heterocycles. The van der Waals surface area contributed by atoms with Gasteiger partial charge in [0.15, 0.2) is 0 Å². The predicted octanol–water partition coefficient (Wildman–Crippen LogP) is 6.15. The van der Waals surface area contributed by atoms with Gasteiger partial charge < -0.3 is 5.32 Å². The van der Waals surface area contributed by atoms with Gasteiger partial charge in [-0.15, -0.1) is 0 Å². The molecule has 0 radical (unpaired) electrons. The largest absolute Gasteiger partial charge is 0.352 e. The van der Waals surface area contributed by atoms with Crippen molar-refractivity contribution >= 4 is 40.2 Å². The molecule has 0 aliphatic rings. The lowest BCUT2D eigenvalue weighted by Crippen LogP contribution is -2.26. The van der Waals surface area contributed by atoms with Gasteiger partial charge >= 0.3 is 0 Å². The van der Waals surface area contributed by atoms with Gasteiger partial charge in [-0.3, -0.25) is 4.79 Å². The van der Waals surface area contributed by atoms with Gasteiger partial charge in [0, 0.05) is 21.8 Å². The third kappa shape index (κ3) is 4.81. The van der Waals surface area contributed by atoms with Crippen LogP contribution in [0.4, 0.5) is 4.39 Å². The number of carbonyl (C=O) groups excluding carboxylic acids is 1. The van der Waals surface area contributed by atoms with E-state index in [1.54, 1.807) is 18.2 Å². The van der Waals surface area contributed by atoms with Gasteiger partial charge in [-0.1, -0.05) is 59.8 Å². The molecule has 0 aliphatic heterocycles. The molecule has 3 nitrogen and oxygen atoms in total. The zero-order valence-corrected chi connectivity index (χ0v) is 17.5. The molecule has 6 heteroatoms. The normalized spacial score (nSPS) is 10.9. The summed E-state index contributed by atoms with van der Waals surface area (Å²) in [5.74, 6) is -0.453. The molecule has 150 valence electrons. The summed E-state index contributed by atoms with van der Waals surface area (Å²) in [5, 5.41) is 5.14. The molecule has 0 unspecified atom stereocenters. The Morgan fingerprint density at radius 2 is 1.73 bits per heavy atom. The van der Waals surface area contributed by atoms with Gasteiger partial charge in [0.25, 0.3) is 5.91 Å². The fourth-order valence-electron chi connectivity index (χ4n) is 3.12. The van der Waals surface area contributed by atoms with E-state index < -0.39 is 0 Å². The van der Waals surface area contributed by atoms with E-state index in [0.717, 1.165) is 21.4 Å². The third-order valence-corrected chi connectivity index (χ3v) is 5.91. The Morgan fingerprint density at radius 1 is 1.00 bits per heavy atom. The number of nitrogens with one attached hydrogen (secondary N) is 1. The molecule has 4 aromatic rings. The van der Waals surface area contributed by atoms with Crippen LogP contribution in [0, 0.1) is 5.82 Å². The van der Waals surface area contributed by atoms with Crippen molar-refractivity contribution in [3.63, 3.8) is 0 Å². The van der Waals surface area contributed by atoms with Crippen molar-refractivity contribution in [2.45, 2.75) is 16.3 Å². The van der Waals surface area contributed by atoms with Crippen LogP contribution in [0.2, 0.25) is 5.02 Å². The summed E-state index contributed by atoms with van der Waals surface area (Å²) in [7, 11) is 0. The van der Waals surface area contributed by atoms with E-state index in [-0.39, 0.29) is 11.7 Å². The van der Waals surface area contributed by atoms with E-state index in [9.17, 15) is 9.18 Å². The minimum Gasteiger partial charge on any atom is -0.352 e. The molecule has 4 rings (SSSR count). The number of carbonyl (C=O) groups is 1. The van der Waals surface area contributed by atoms with Crippen molar-refractivity contribution in [2.75, 3.05) is 6.54 Å². The number of pyridine rings is 1. The molecule has 1 heterocycles.